The first-order valence-corrected chi connectivity index (χ1v) is 5.08. The molecule has 7 heteroatoms. The van der Waals surface area contributed by atoms with Gasteiger partial charge < -0.3 is 20.3 Å². The Morgan fingerprint density at radius 3 is 2.71 bits per heavy atom. The Kier molecular flexibility index (Phi) is 3.12. The average molecular weight is 240 g/mol. The van der Waals surface area contributed by atoms with Crippen LogP contribution in [0.2, 0.25) is 0 Å². The molecular formula is C10H12N2O5. The number of nitrogens with two attached hydrogens (primary N) is 1. The molecule has 1 aliphatic heterocycles. The minimum absolute atomic E-state index is 0.0468. The number of nitro benzene ring substituents is 1. The van der Waals surface area contributed by atoms with Gasteiger partial charge in [0.1, 0.15) is 0 Å². The molecule has 0 fully saturated rings. The van der Waals surface area contributed by atoms with E-state index < -0.39 is 11.0 Å². The summed E-state index contributed by atoms with van der Waals surface area (Å²) in [6, 6.07) is 2.20. The van der Waals surface area contributed by atoms with Crippen molar-refractivity contribution in [2.75, 3.05) is 13.4 Å². The summed E-state index contributed by atoms with van der Waals surface area (Å²) in [5.41, 5.74) is 6.00. The average Bonchev–Trinajstić information content (AvgIpc) is 2.74. The maximum atomic E-state index is 10.9. The van der Waals surface area contributed by atoms with Gasteiger partial charge in [0.25, 0.3) is 5.69 Å². The first kappa shape index (κ1) is 11.6. The molecule has 1 heterocycles. The number of nitrogens with zero attached hydrogens (tertiary/aromatic N) is 1. The summed E-state index contributed by atoms with van der Waals surface area (Å²) in [7, 11) is 0. The second-order valence-electron chi connectivity index (χ2n) is 3.64. The molecule has 0 saturated heterocycles. The largest absolute Gasteiger partial charge is 0.454 e. The van der Waals surface area contributed by atoms with Gasteiger partial charge in [0.2, 0.25) is 6.79 Å². The van der Waals surface area contributed by atoms with Crippen LogP contribution in [0.1, 0.15) is 18.0 Å². The SMILES string of the molecule is N[C@@H](CCO)c1cc2c(cc1[N+](=O)[O-])OCO2. The Labute approximate surface area is 96.9 Å². The van der Waals surface area contributed by atoms with Crippen molar-refractivity contribution in [1.82, 2.24) is 0 Å². The number of nitro groups is 1. The van der Waals surface area contributed by atoms with E-state index in [0.717, 1.165) is 0 Å². The summed E-state index contributed by atoms with van der Waals surface area (Å²) < 4.78 is 10.2. The quantitative estimate of drug-likeness (QED) is 0.592. The number of benzene rings is 1. The van der Waals surface area contributed by atoms with Gasteiger partial charge in [-0.15, -0.1) is 0 Å². The third-order valence-electron chi connectivity index (χ3n) is 2.56. The maximum Gasteiger partial charge on any atom is 0.278 e. The highest BCUT2D eigenvalue weighted by molar-refractivity contribution is 5.56. The van der Waals surface area contributed by atoms with Crippen LogP contribution < -0.4 is 15.2 Å². The van der Waals surface area contributed by atoms with Gasteiger partial charge >= 0.3 is 0 Å². The fourth-order valence-electron chi connectivity index (χ4n) is 1.70. The second kappa shape index (κ2) is 4.56. The van der Waals surface area contributed by atoms with Crippen LogP contribution in [-0.4, -0.2) is 23.4 Å². The third-order valence-corrected chi connectivity index (χ3v) is 2.56. The predicted molar refractivity (Wildman–Crippen MR) is 57.9 cm³/mol. The monoisotopic (exact) mass is 240 g/mol. The highest BCUT2D eigenvalue weighted by Crippen LogP contribution is 2.40. The number of ether oxygens (including phenoxy) is 2. The van der Waals surface area contributed by atoms with Crippen LogP contribution in [0, 0.1) is 10.1 Å². The molecule has 1 aliphatic rings. The van der Waals surface area contributed by atoms with Crippen molar-refractivity contribution in [1.29, 1.82) is 0 Å². The van der Waals surface area contributed by atoms with E-state index in [1.54, 1.807) is 0 Å². The molecule has 7 nitrogen and oxygen atoms in total. The smallest absolute Gasteiger partial charge is 0.278 e. The molecule has 0 radical (unpaired) electrons. The number of fused-ring (bicyclic) bond motifs is 1. The van der Waals surface area contributed by atoms with Crippen molar-refractivity contribution in [2.24, 2.45) is 5.73 Å². The fourth-order valence-corrected chi connectivity index (χ4v) is 1.70. The van der Waals surface area contributed by atoms with E-state index in [2.05, 4.69) is 0 Å². The normalized spacial score (nSPS) is 14.7. The molecular weight excluding hydrogens is 228 g/mol. The summed E-state index contributed by atoms with van der Waals surface area (Å²) in [6.07, 6.45) is 0.250. The van der Waals surface area contributed by atoms with Gasteiger partial charge in [0.05, 0.1) is 16.6 Å². The molecule has 0 saturated carbocycles. The van der Waals surface area contributed by atoms with Gasteiger partial charge in [-0.2, -0.15) is 0 Å². The fraction of sp³-hybridized carbons (Fsp3) is 0.400. The molecule has 0 unspecified atom stereocenters. The lowest BCUT2D eigenvalue weighted by atomic mass is 10.0. The summed E-state index contributed by atoms with van der Waals surface area (Å²) in [4.78, 5) is 10.4. The maximum absolute atomic E-state index is 10.9. The van der Waals surface area contributed by atoms with E-state index in [0.29, 0.717) is 17.1 Å². The highest BCUT2D eigenvalue weighted by Gasteiger charge is 2.26. The molecule has 1 aromatic rings. The van der Waals surface area contributed by atoms with E-state index >= 15 is 0 Å². The molecule has 0 aliphatic carbocycles. The van der Waals surface area contributed by atoms with Crippen LogP contribution in [0.3, 0.4) is 0 Å². The van der Waals surface area contributed by atoms with Crippen molar-refractivity contribution < 1.29 is 19.5 Å². The topological polar surface area (TPSA) is 108 Å². The summed E-state index contributed by atoms with van der Waals surface area (Å²) in [5.74, 6) is 0.788. The number of rotatable bonds is 4. The van der Waals surface area contributed by atoms with Crippen LogP contribution in [0.5, 0.6) is 11.5 Å². The lowest BCUT2D eigenvalue weighted by Crippen LogP contribution is -2.13. The van der Waals surface area contributed by atoms with Gasteiger partial charge in [0.15, 0.2) is 11.5 Å². The summed E-state index contributed by atoms with van der Waals surface area (Å²) in [6.45, 7) is -0.0854. The first-order chi connectivity index (χ1) is 8.13. The van der Waals surface area contributed by atoms with E-state index in [-0.39, 0.29) is 25.5 Å². The van der Waals surface area contributed by atoms with Crippen molar-refractivity contribution in [2.45, 2.75) is 12.5 Å². The third kappa shape index (κ3) is 2.15. The Hall–Kier alpha value is -1.86. The number of hydrogen-bond acceptors (Lipinski definition) is 6. The molecule has 0 aromatic heterocycles. The van der Waals surface area contributed by atoms with Crippen LogP contribution >= 0.6 is 0 Å². The molecule has 1 atom stereocenters. The van der Waals surface area contributed by atoms with Gasteiger partial charge in [-0.3, -0.25) is 10.1 Å². The van der Waals surface area contributed by atoms with Crippen molar-refractivity contribution in [3.63, 3.8) is 0 Å². The molecule has 92 valence electrons. The molecule has 17 heavy (non-hydrogen) atoms. The number of hydrogen-bond donors (Lipinski definition) is 2. The molecule has 3 N–H and O–H groups in total. The van der Waals surface area contributed by atoms with Crippen LogP contribution in [0.4, 0.5) is 5.69 Å². The zero-order valence-corrected chi connectivity index (χ0v) is 8.96. The van der Waals surface area contributed by atoms with Crippen molar-refractivity contribution >= 4 is 5.69 Å². The number of aliphatic hydroxyl groups is 1. The van der Waals surface area contributed by atoms with Gasteiger partial charge in [-0.1, -0.05) is 0 Å². The summed E-state index contributed by atoms with van der Waals surface area (Å²) >= 11 is 0. The van der Waals surface area contributed by atoms with E-state index in [4.69, 9.17) is 20.3 Å². The first-order valence-electron chi connectivity index (χ1n) is 5.08. The van der Waals surface area contributed by atoms with Gasteiger partial charge in [-0.25, -0.2) is 0 Å². The van der Waals surface area contributed by atoms with Crippen LogP contribution in [-0.2, 0) is 0 Å². The van der Waals surface area contributed by atoms with Crippen LogP contribution in [0.15, 0.2) is 12.1 Å². The Morgan fingerprint density at radius 1 is 1.47 bits per heavy atom. The molecule has 0 bridgehead atoms. The van der Waals surface area contributed by atoms with Gasteiger partial charge in [0, 0.05) is 12.6 Å². The highest BCUT2D eigenvalue weighted by atomic mass is 16.7. The summed E-state index contributed by atoms with van der Waals surface area (Å²) in [5, 5.41) is 19.7. The molecule has 0 amide bonds. The van der Waals surface area contributed by atoms with E-state index in [1.165, 1.54) is 12.1 Å². The molecule has 0 spiro atoms. The lowest BCUT2D eigenvalue weighted by molar-refractivity contribution is -0.385. The Bertz CT molecular complexity index is 449. The van der Waals surface area contributed by atoms with Crippen molar-refractivity contribution in [3.8, 4) is 11.5 Å². The standard InChI is InChI=1S/C10H12N2O5/c11-7(1-2-13)6-3-9-10(17-5-16-9)4-8(6)12(14)15/h3-4,7,13H,1-2,5,11H2/t7-/m0/s1. The predicted octanol–water partition coefficient (Wildman–Crippen LogP) is 0.706. The molecule has 1 aromatic carbocycles. The van der Waals surface area contributed by atoms with Gasteiger partial charge in [-0.05, 0) is 12.5 Å². The minimum Gasteiger partial charge on any atom is -0.454 e. The van der Waals surface area contributed by atoms with Crippen LogP contribution in [0.25, 0.3) is 0 Å². The number of aliphatic hydroxyl groups excluding tert-OH is 1. The zero-order valence-electron chi connectivity index (χ0n) is 8.96. The zero-order chi connectivity index (χ0) is 12.4. The second-order valence-corrected chi connectivity index (χ2v) is 3.64. The molecule has 2 rings (SSSR count). The van der Waals surface area contributed by atoms with E-state index in [1.807, 2.05) is 0 Å². The minimum atomic E-state index is -0.602. The van der Waals surface area contributed by atoms with E-state index in [9.17, 15) is 10.1 Å². The Morgan fingerprint density at radius 2 is 2.12 bits per heavy atom. The Balaban J connectivity index is 2.45. The lowest BCUT2D eigenvalue weighted by Gasteiger charge is -2.11. The van der Waals surface area contributed by atoms with Crippen molar-refractivity contribution in [3.05, 3.63) is 27.8 Å².